The number of primary amides is 1. The van der Waals surface area contributed by atoms with E-state index in [4.69, 9.17) is 10.5 Å². The van der Waals surface area contributed by atoms with E-state index in [9.17, 15) is 24.9 Å². The Kier molecular flexibility index (Phi) is 5.19. The van der Waals surface area contributed by atoms with Gasteiger partial charge in [0.2, 0.25) is 0 Å². The number of hydrogen-bond donors (Lipinski definition) is 5. The molecule has 0 aromatic rings. The number of ether oxygens (including phenoxy) is 1. The number of esters is 1. The highest BCUT2D eigenvalue weighted by molar-refractivity contribution is 5.85. The van der Waals surface area contributed by atoms with E-state index < -0.39 is 28.8 Å². The maximum Gasteiger partial charge on any atom is 0.332 e. The van der Waals surface area contributed by atoms with Gasteiger partial charge in [0.1, 0.15) is 6.61 Å². The molecule has 4 fully saturated rings. The number of cyclic esters (lactones) is 1. The van der Waals surface area contributed by atoms with Crippen molar-refractivity contribution in [2.24, 2.45) is 39.4 Å². The largest absolute Gasteiger partial charge is 0.458 e. The highest BCUT2D eigenvalue weighted by Gasteiger charge is 2.71. The molecule has 9 heteroatoms. The van der Waals surface area contributed by atoms with Crippen LogP contribution in [0.5, 0.6) is 0 Å². The Morgan fingerprint density at radius 1 is 1.18 bits per heavy atom. The van der Waals surface area contributed by atoms with Crippen LogP contribution in [0.2, 0.25) is 0 Å². The second kappa shape index (κ2) is 7.52. The summed E-state index contributed by atoms with van der Waals surface area (Å²) >= 11 is 0. The first-order valence-corrected chi connectivity index (χ1v) is 12.1. The first kappa shape index (κ1) is 22.8. The van der Waals surface area contributed by atoms with Crippen molar-refractivity contribution in [1.29, 1.82) is 0 Å². The van der Waals surface area contributed by atoms with Crippen molar-refractivity contribution in [2.45, 2.75) is 82.0 Å². The van der Waals surface area contributed by atoms with Gasteiger partial charge in [-0.25, -0.2) is 15.0 Å². The van der Waals surface area contributed by atoms with E-state index in [-0.39, 0.29) is 35.6 Å². The van der Waals surface area contributed by atoms with Gasteiger partial charge < -0.3 is 25.8 Å². The van der Waals surface area contributed by atoms with Crippen LogP contribution in [0.25, 0.3) is 0 Å². The Hall–Kier alpha value is -1.97. The normalized spacial score (nSPS) is 49.1. The molecular weight excluding hydrogens is 426 g/mol. The zero-order chi connectivity index (χ0) is 23.6. The van der Waals surface area contributed by atoms with Crippen LogP contribution in [-0.4, -0.2) is 57.4 Å². The standard InChI is InChI=1S/C24H35N3O6/c1-21-6-3-17-18(24(21,32)9-5-16(21)14-10-19(29)33-12-14)4-8-23(31)11-15(28)2-7-22(17,23)13-26-27-20(25)30/h10,13,15-18,28,31-32H,2-9,11-12H2,1H3,(H3,25,27,30)/t15-,16+,17+,18-,21+,22-,23-,24-/m0/s1. The number of amides is 2. The predicted octanol–water partition coefficient (Wildman–Crippen LogP) is 1.35. The maximum absolute atomic E-state index is 12.3. The summed E-state index contributed by atoms with van der Waals surface area (Å²) in [5.41, 5.74) is 5.21. The SMILES string of the molecule is C[C@]12CC[C@@H]3[C@H](CC[C@]4(O)C[C@@H](O)CC[C@]34C=NNC(N)=O)[C@@]1(O)CC[C@@H]2C1=CC(=O)OC1. The Bertz CT molecular complexity index is 922. The number of nitrogens with one attached hydrogen (secondary N) is 1. The Morgan fingerprint density at radius 2 is 1.94 bits per heavy atom. The Balaban J connectivity index is 1.52. The third-order valence-electron chi connectivity index (χ3n) is 10.1. The minimum Gasteiger partial charge on any atom is -0.458 e. The maximum atomic E-state index is 12.3. The topological polar surface area (TPSA) is 154 Å². The predicted molar refractivity (Wildman–Crippen MR) is 119 cm³/mol. The number of aliphatic hydroxyl groups is 3. The molecule has 5 aliphatic rings. The third-order valence-corrected chi connectivity index (χ3v) is 10.1. The van der Waals surface area contributed by atoms with Crippen LogP contribution in [0, 0.1) is 28.6 Å². The first-order valence-electron chi connectivity index (χ1n) is 12.1. The molecule has 2 amide bonds. The minimum atomic E-state index is -1.16. The minimum absolute atomic E-state index is 0.0468. The van der Waals surface area contributed by atoms with E-state index in [1.165, 1.54) is 0 Å². The summed E-state index contributed by atoms with van der Waals surface area (Å²) in [6.07, 6.45) is 8.02. The van der Waals surface area contributed by atoms with Crippen LogP contribution in [0.3, 0.4) is 0 Å². The molecule has 0 aromatic carbocycles. The number of nitrogens with two attached hydrogens (primary N) is 1. The molecule has 182 valence electrons. The van der Waals surface area contributed by atoms with Crippen LogP contribution in [0.4, 0.5) is 4.79 Å². The van der Waals surface area contributed by atoms with Gasteiger partial charge in [-0.05, 0) is 74.7 Å². The fraction of sp³-hybridized carbons (Fsp3) is 0.792. The molecule has 8 atom stereocenters. The molecule has 0 aromatic heterocycles. The highest BCUT2D eigenvalue weighted by Crippen LogP contribution is 2.70. The summed E-state index contributed by atoms with van der Waals surface area (Å²) in [5, 5.41) is 38.6. The molecule has 6 N–H and O–H groups in total. The lowest BCUT2D eigenvalue weighted by Gasteiger charge is -2.65. The van der Waals surface area contributed by atoms with E-state index in [0.717, 1.165) is 24.8 Å². The highest BCUT2D eigenvalue weighted by atomic mass is 16.5. The van der Waals surface area contributed by atoms with Crippen LogP contribution in [-0.2, 0) is 9.53 Å². The lowest BCUT2D eigenvalue weighted by molar-refractivity contribution is -0.237. The molecule has 0 saturated heterocycles. The lowest BCUT2D eigenvalue weighted by atomic mass is 9.41. The average molecular weight is 462 g/mol. The zero-order valence-corrected chi connectivity index (χ0v) is 19.1. The third kappa shape index (κ3) is 3.12. The van der Waals surface area contributed by atoms with Gasteiger partial charge in [-0.3, -0.25) is 0 Å². The van der Waals surface area contributed by atoms with Gasteiger partial charge in [0.25, 0.3) is 0 Å². The molecular formula is C24H35N3O6. The summed E-state index contributed by atoms with van der Waals surface area (Å²) in [6, 6.07) is -0.774. The number of rotatable bonds is 3. The average Bonchev–Trinajstić information content (AvgIpc) is 3.28. The van der Waals surface area contributed by atoms with Crippen molar-refractivity contribution in [3.63, 3.8) is 0 Å². The zero-order valence-electron chi connectivity index (χ0n) is 19.1. The summed E-state index contributed by atoms with van der Waals surface area (Å²) in [7, 11) is 0. The number of urea groups is 1. The van der Waals surface area contributed by atoms with E-state index >= 15 is 0 Å². The van der Waals surface area contributed by atoms with Crippen LogP contribution in [0.1, 0.15) is 64.7 Å². The second-order valence-corrected chi connectivity index (χ2v) is 11.3. The van der Waals surface area contributed by atoms with E-state index in [2.05, 4.69) is 17.5 Å². The van der Waals surface area contributed by atoms with Crippen molar-refractivity contribution >= 4 is 18.2 Å². The first-order chi connectivity index (χ1) is 15.5. The molecule has 1 aliphatic heterocycles. The van der Waals surface area contributed by atoms with Gasteiger partial charge >= 0.3 is 12.0 Å². The van der Waals surface area contributed by atoms with Gasteiger partial charge in [-0.1, -0.05) is 6.92 Å². The van der Waals surface area contributed by atoms with Gasteiger partial charge in [0.05, 0.1) is 17.3 Å². The Morgan fingerprint density at radius 3 is 2.64 bits per heavy atom. The smallest absolute Gasteiger partial charge is 0.332 e. The van der Waals surface area contributed by atoms with Crippen molar-refractivity contribution in [1.82, 2.24) is 5.43 Å². The summed E-state index contributed by atoms with van der Waals surface area (Å²) in [4.78, 5) is 23.0. The number of hydrogen-bond acceptors (Lipinski definition) is 7. The second-order valence-electron chi connectivity index (χ2n) is 11.3. The molecule has 5 rings (SSSR count). The fourth-order valence-electron chi connectivity index (χ4n) is 8.57. The van der Waals surface area contributed by atoms with E-state index in [0.29, 0.717) is 38.7 Å². The number of carbonyl (C=O) groups excluding carboxylic acids is 2. The number of nitrogens with zero attached hydrogens (tertiary/aromatic N) is 1. The fourth-order valence-corrected chi connectivity index (χ4v) is 8.57. The summed E-state index contributed by atoms with van der Waals surface area (Å²) in [5.74, 6) is -0.326. The number of fused-ring (bicyclic) bond motifs is 5. The van der Waals surface area contributed by atoms with Gasteiger partial charge in [0, 0.05) is 29.5 Å². The molecule has 0 unspecified atom stereocenters. The van der Waals surface area contributed by atoms with Crippen LogP contribution < -0.4 is 11.2 Å². The molecule has 1 heterocycles. The van der Waals surface area contributed by atoms with Crippen LogP contribution in [0.15, 0.2) is 16.8 Å². The van der Waals surface area contributed by atoms with Gasteiger partial charge in [-0.2, -0.15) is 5.10 Å². The quantitative estimate of drug-likeness (QED) is 0.243. The van der Waals surface area contributed by atoms with Gasteiger partial charge in [-0.15, -0.1) is 0 Å². The number of carbonyl (C=O) groups is 2. The van der Waals surface area contributed by atoms with Crippen molar-refractivity contribution < 1.29 is 29.6 Å². The molecule has 0 bridgehead atoms. The molecule has 0 spiro atoms. The van der Waals surface area contributed by atoms with E-state index in [1.807, 2.05) is 0 Å². The molecule has 0 radical (unpaired) electrons. The Labute approximate surface area is 193 Å². The van der Waals surface area contributed by atoms with Crippen LogP contribution >= 0.6 is 0 Å². The van der Waals surface area contributed by atoms with Crippen molar-refractivity contribution in [3.05, 3.63) is 11.6 Å². The summed E-state index contributed by atoms with van der Waals surface area (Å²) in [6.45, 7) is 2.45. The molecule has 4 saturated carbocycles. The monoisotopic (exact) mass is 461 g/mol. The van der Waals surface area contributed by atoms with Crippen molar-refractivity contribution in [2.75, 3.05) is 6.61 Å². The number of hydrazone groups is 1. The molecule has 9 nitrogen and oxygen atoms in total. The van der Waals surface area contributed by atoms with Crippen molar-refractivity contribution in [3.8, 4) is 0 Å². The molecule has 33 heavy (non-hydrogen) atoms. The summed E-state index contributed by atoms with van der Waals surface area (Å²) < 4.78 is 5.18. The van der Waals surface area contributed by atoms with E-state index in [1.54, 1.807) is 12.3 Å². The van der Waals surface area contributed by atoms with Gasteiger partial charge in [0.15, 0.2) is 0 Å². The lowest BCUT2D eigenvalue weighted by Crippen LogP contribution is -2.68. The number of aliphatic hydroxyl groups excluding tert-OH is 1. The molecule has 4 aliphatic carbocycles.